The fourth-order valence-electron chi connectivity index (χ4n) is 3.77. The van der Waals surface area contributed by atoms with E-state index in [2.05, 4.69) is 10.3 Å². The highest BCUT2D eigenvalue weighted by molar-refractivity contribution is 5.86. The van der Waals surface area contributed by atoms with Crippen LogP contribution in [0.5, 0.6) is 0 Å². The summed E-state index contributed by atoms with van der Waals surface area (Å²) in [4.78, 5) is 42.0. The average Bonchev–Trinajstić information content (AvgIpc) is 2.97. The number of hydrogen-bond acceptors (Lipinski definition) is 4. The SMILES string of the molecule is CC(C)NC(=O)N1CCCC2(CCN(Cc3ccncc3)C2=O)C1.O=C(O)C(F)(F)F. The number of nitrogens with one attached hydrogen (secondary N) is 1. The van der Waals surface area contributed by atoms with Crippen molar-refractivity contribution in [3.8, 4) is 0 Å². The van der Waals surface area contributed by atoms with Gasteiger partial charge in [-0.2, -0.15) is 13.2 Å². The van der Waals surface area contributed by atoms with Gasteiger partial charge in [-0.3, -0.25) is 9.78 Å². The number of carboxylic acids is 1. The highest BCUT2D eigenvalue weighted by atomic mass is 19.4. The molecule has 0 saturated carbocycles. The number of alkyl halides is 3. The van der Waals surface area contributed by atoms with Crippen molar-refractivity contribution in [2.45, 2.75) is 51.9 Å². The van der Waals surface area contributed by atoms with E-state index in [0.717, 1.165) is 37.9 Å². The van der Waals surface area contributed by atoms with Crippen LogP contribution in [0, 0.1) is 5.41 Å². The molecule has 2 aliphatic rings. The normalized spacial score (nSPS) is 21.2. The van der Waals surface area contributed by atoms with Crippen LogP contribution in [0.2, 0.25) is 0 Å². The van der Waals surface area contributed by atoms with E-state index in [9.17, 15) is 22.8 Å². The van der Waals surface area contributed by atoms with Gasteiger partial charge in [0.1, 0.15) is 0 Å². The lowest BCUT2D eigenvalue weighted by Gasteiger charge is -2.39. The minimum Gasteiger partial charge on any atom is -0.475 e. The standard InChI is InChI=1S/C18H26N4O2.C2HF3O2/c1-14(2)20-17(24)22-10-3-6-18(13-22)7-11-21(16(18)23)12-15-4-8-19-9-5-15;3-2(4,5)1(6)7/h4-5,8-9,14H,3,6-7,10-13H2,1-2H3,(H,20,24);(H,6,7). The first-order valence-corrected chi connectivity index (χ1v) is 9.98. The van der Waals surface area contributed by atoms with Gasteiger partial charge in [0.05, 0.1) is 5.41 Å². The summed E-state index contributed by atoms with van der Waals surface area (Å²) in [5.74, 6) is -2.56. The second-order valence-corrected chi connectivity index (χ2v) is 8.04. The molecule has 1 aromatic rings. The van der Waals surface area contributed by atoms with Crippen LogP contribution >= 0.6 is 0 Å². The molecule has 172 valence electrons. The molecule has 3 rings (SSSR count). The third-order valence-electron chi connectivity index (χ3n) is 5.24. The third-order valence-corrected chi connectivity index (χ3v) is 5.24. The van der Waals surface area contributed by atoms with Gasteiger partial charge in [-0.05, 0) is 50.8 Å². The molecule has 2 N–H and O–H groups in total. The molecule has 11 heteroatoms. The molecular formula is C20H27F3N4O4. The summed E-state index contributed by atoms with van der Waals surface area (Å²) in [6.07, 6.45) is 1.03. The number of urea groups is 1. The number of piperidine rings is 1. The number of halogens is 3. The number of rotatable bonds is 3. The van der Waals surface area contributed by atoms with Gasteiger partial charge in [-0.25, -0.2) is 9.59 Å². The molecule has 3 heterocycles. The monoisotopic (exact) mass is 444 g/mol. The van der Waals surface area contributed by atoms with Gasteiger partial charge >= 0.3 is 18.2 Å². The van der Waals surface area contributed by atoms with Crippen LogP contribution in [0.4, 0.5) is 18.0 Å². The van der Waals surface area contributed by atoms with Gasteiger partial charge in [0, 0.05) is 44.6 Å². The molecule has 8 nitrogen and oxygen atoms in total. The number of likely N-dealkylation sites (tertiary alicyclic amines) is 2. The molecule has 0 aliphatic carbocycles. The Bertz CT molecular complexity index is 788. The largest absolute Gasteiger partial charge is 0.490 e. The minimum atomic E-state index is -5.08. The second-order valence-electron chi connectivity index (χ2n) is 8.04. The smallest absolute Gasteiger partial charge is 0.475 e. The predicted molar refractivity (Wildman–Crippen MR) is 105 cm³/mol. The molecule has 1 unspecified atom stereocenters. The van der Waals surface area contributed by atoms with Crippen molar-refractivity contribution >= 4 is 17.9 Å². The summed E-state index contributed by atoms with van der Waals surface area (Å²) in [5, 5.41) is 10.1. The Morgan fingerprint density at radius 3 is 2.39 bits per heavy atom. The molecule has 1 spiro atoms. The van der Waals surface area contributed by atoms with E-state index in [0.29, 0.717) is 13.1 Å². The molecule has 1 atom stereocenters. The van der Waals surface area contributed by atoms with Crippen LogP contribution in [-0.4, -0.2) is 69.7 Å². The van der Waals surface area contributed by atoms with Crippen LogP contribution < -0.4 is 5.32 Å². The Hall–Kier alpha value is -2.85. The fourth-order valence-corrected chi connectivity index (χ4v) is 3.77. The quantitative estimate of drug-likeness (QED) is 0.746. The molecule has 3 amide bonds. The summed E-state index contributed by atoms with van der Waals surface area (Å²) >= 11 is 0. The summed E-state index contributed by atoms with van der Waals surface area (Å²) in [6.45, 7) is 6.57. The molecular weight excluding hydrogens is 417 g/mol. The van der Waals surface area contributed by atoms with Crippen molar-refractivity contribution in [2.24, 2.45) is 5.41 Å². The number of carbonyl (C=O) groups is 3. The highest BCUT2D eigenvalue weighted by Crippen LogP contribution is 2.40. The zero-order chi connectivity index (χ0) is 23.2. The topological polar surface area (TPSA) is 103 Å². The van der Waals surface area contributed by atoms with Gasteiger partial charge in [-0.15, -0.1) is 0 Å². The molecule has 0 radical (unpaired) electrons. The van der Waals surface area contributed by atoms with Crippen molar-refractivity contribution in [2.75, 3.05) is 19.6 Å². The maximum Gasteiger partial charge on any atom is 0.490 e. The van der Waals surface area contributed by atoms with Crippen LogP contribution in [0.3, 0.4) is 0 Å². The predicted octanol–water partition coefficient (Wildman–Crippen LogP) is 2.65. The van der Waals surface area contributed by atoms with Crippen LogP contribution in [0.15, 0.2) is 24.5 Å². The number of carbonyl (C=O) groups excluding carboxylic acids is 2. The van der Waals surface area contributed by atoms with E-state index in [-0.39, 0.29) is 23.4 Å². The first kappa shape index (κ1) is 24.4. The van der Waals surface area contributed by atoms with Gasteiger partial charge in [0.15, 0.2) is 0 Å². The lowest BCUT2D eigenvalue weighted by molar-refractivity contribution is -0.192. The van der Waals surface area contributed by atoms with E-state index in [1.165, 1.54) is 0 Å². The van der Waals surface area contributed by atoms with Crippen molar-refractivity contribution in [1.29, 1.82) is 0 Å². The molecule has 1 aromatic heterocycles. The summed E-state index contributed by atoms with van der Waals surface area (Å²) in [6, 6.07) is 3.95. The zero-order valence-corrected chi connectivity index (χ0v) is 17.5. The lowest BCUT2D eigenvalue weighted by atomic mass is 9.78. The Morgan fingerprint density at radius 2 is 1.84 bits per heavy atom. The first-order chi connectivity index (χ1) is 14.4. The molecule has 2 saturated heterocycles. The summed E-state index contributed by atoms with van der Waals surface area (Å²) in [5.41, 5.74) is 0.709. The number of amides is 3. The van der Waals surface area contributed by atoms with Gasteiger partial charge in [0.2, 0.25) is 5.91 Å². The molecule has 0 aromatic carbocycles. The van der Waals surface area contributed by atoms with Crippen LogP contribution in [-0.2, 0) is 16.1 Å². The number of aliphatic carboxylic acids is 1. The van der Waals surface area contributed by atoms with Crippen LogP contribution in [0.1, 0.15) is 38.7 Å². The van der Waals surface area contributed by atoms with Crippen molar-refractivity contribution in [1.82, 2.24) is 20.1 Å². The fraction of sp³-hybridized carbons (Fsp3) is 0.600. The minimum absolute atomic E-state index is 0.0514. The van der Waals surface area contributed by atoms with Gasteiger partial charge in [0.25, 0.3) is 0 Å². The molecule has 2 fully saturated rings. The Balaban J connectivity index is 0.000000423. The van der Waals surface area contributed by atoms with Crippen molar-refractivity contribution in [3.05, 3.63) is 30.1 Å². The van der Waals surface area contributed by atoms with Crippen LogP contribution in [0.25, 0.3) is 0 Å². The highest BCUT2D eigenvalue weighted by Gasteiger charge is 2.49. The van der Waals surface area contributed by atoms with Gasteiger partial charge in [-0.1, -0.05) is 0 Å². The Kier molecular flexibility index (Phi) is 7.85. The number of pyridine rings is 1. The Labute approximate surface area is 178 Å². The number of nitrogens with zero attached hydrogens (tertiary/aromatic N) is 3. The maximum absolute atomic E-state index is 13.0. The van der Waals surface area contributed by atoms with E-state index in [1.54, 1.807) is 12.4 Å². The van der Waals surface area contributed by atoms with E-state index in [4.69, 9.17) is 9.90 Å². The number of carboxylic acid groups (broad SMARTS) is 1. The van der Waals surface area contributed by atoms with E-state index < -0.39 is 12.1 Å². The summed E-state index contributed by atoms with van der Waals surface area (Å²) in [7, 11) is 0. The number of aromatic nitrogens is 1. The average molecular weight is 444 g/mol. The first-order valence-electron chi connectivity index (χ1n) is 9.98. The maximum atomic E-state index is 13.0. The lowest BCUT2D eigenvalue weighted by Crippen LogP contribution is -2.53. The molecule has 0 bridgehead atoms. The van der Waals surface area contributed by atoms with Crippen molar-refractivity contribution < 1.29 is 32.7 Å². The van der Waals surface area contributed by atoms with Gasteiger partial charge < -0.3 is 20.2 Å². The number of hydrogen-bond donors (Lipinski definition) is 2. The zero-order valence-electron chi connectivity index (χ0n) is 17.5. The molecule has 2 aliphatic heterocycles. The third kappa shape index (κ3) is 6.56. The molecule has 31 heavy (non-hydrogen) atoms. The second kappa shape index (κ2) is 9.97. The Morgan fingerprint density at radius 1 is 1.23 bits per heavy atom. The van der Waals surface area contributed by atoms with E-state index >= 15 is 0 Å². The summed E-state index contributed by atoms with van der Waals surface area (Å²) < 4.78 is 31.7. The van der Waals surface area contributed by atoms with Crippen molar-refractivity contribution in [3.63, 3.8) is 0 Å². The van der Waals surface area contributed by atoms with E-state index in [1.807, 2.05) is 35.8 Å².